The average molecular weight is 400 g/mol. The molecule has 0 saturated carbocycles. The van der Waals surface area contributed by atoms with Gasteiger partial charge in [-0.15, -0.1) is 0 Å². The second kappa shape index (κ2) is 7.94. The van der Waals surface area contributed by atoms with E-state index >= 15 is 0 Å². The summed E-state index contributed by atoms with van der Waals surface area (Å²) in [5.41, 5.74) is 3.26. The zero-order valence-corrected chi connectivity index (χ0v) is 16.9. The number of benzene rings is 2. The number of ether oxygens (including phenoxy) is 2. The zero-order valence-electron chi connectivity index (χ0n) is 16.9. The quantitative estimate of drug-likeness (QED) is 0.690. The Hall–Kier alpha value is -3.14. The van der Waals surface area contributed by atoms with E-state index in [1.54, 1.807) is 0 Å². The van der Waals surface area contributed by atoms with E-state index < -0.39 is 5.92 Å². The zero-order chi connectivity index (χ0) is 20.5. The van der Waals surface area contributed by atoms with Gasteiger partial charge >= 0.3 is 0 Å². The van der Waals surface area contributed by atoms with Crippen molar-refractivity contribution in [3.05, 3.63) is 88.4 Å². The van der Waals surface area contributed by atoms with E-state index in [-0.39, 0.29) is 11.6 Å². The molecule has 0 bridgehead atoms. The molecule has 0 unspecified atom stereocenters. The van der Waals surface area contributed by atoms with E-state index in [4.69, 9.17) is 9.47 Å². The van der Waals surface area contributed by atoms with Gasteiger partial charge in [0.15, 0.2) is 11.6 Å². The third-order valence-electron chi connectivity index (χ3n) is 6.11. The van der Waals surface area contributed by atoms with Gasteiger partial charge in [0.2, 0.25) is 0 Å². The minimum atomic E-state index is -0.392. The highest BCUT2D eigenvalue weighted by Crippen LogP contribution is 2.49. The van der Waals surface area contributed by atoms with E-state index in [1.807, 2.05) is 54.6 Å². The van der Waals surface area contributed by atoms with E-state index in [9.17, 15) is 9.59 Å². The number of rotatable bonds is 4. The molecule has 0 saturated heterocycles. The molecule has 2 aromatic carbocycles. The van der Waals surface area contributed by atoms with E-state index in [0.717, 1.165) is 48.3 Å². The lowest BCUT2D eigenvalue weighted by Crippen LogP contribution is -2.30. The summed E-state index contributed by atoms with van der Waals surface area (Å²) in [5.74, 6) is 2.00. The smallest absolute Gasteiger partial charge is 0.163 e. The maximum atomic E-state index is 13.0. The molecule has 5 rings (SSSR count). The van der Waals surface area contributed by atoms with Crippen molar-refractivity contribution >= 4 is 11.6 Å². The second-order valence-corrected chi connectivity index (χ2v) is 8.07. The van der Waals surface area contributed by atoms with E-state index in [2.05, 4.69) is 0 Å². The van der Waals surface area contributed by atoms with Crippen molar-refractivity contribution in [3.8, 4) is 5.75 Å². The van der Waals surface area contributed by atoms with Crippen LogP contribution in [-0.2, 0) is 20.9 Å². The molecule has 4 nitrogen and oxygen atoms in total. The van der Waals surface area contributed by atoms with Crippen LogP contribution < -0.4 is 4.74 Å². The summed E-state index contributed by atoms with van der Waals surface area (Å²) in [6, 6.07) is 17.8. The Balaban J connectivity index is 1.59. The van der Waals surface area contributed by atoms with E-state index in [0.29, 0.717) is 36.3 Å². The maximum absolute atomic E-state index is 13.0. The van der Waals surface area contributed by atoms with Crippen molar-refractivity contribution in [1.29, 1.82) is 0 Å². The number of Topliss-reactive ketones (excluding diaryl/α,β-unsaturated/α-hetero) is 2. The molecule has 2 aliphatic carbocycles. The fourth-order valence-corrected chi connectivity index (χ4v) is 4.71. The average Bonchev–Trinajstić information content (AvgIpc) is 2.78. The minimum Gasteiger partial charge on any atom is -0.489 e. The van der Waals surface area contributed by atoms with Gasteiger partial charge < -0.3 is 9.47 Å². The number of carbonyl (C=O) groups excluding carboxylic acids is 2. The fraction of sp³-hybridized carbons (Fsp3) is 0.308. The summed E-state index contributed by atoms with van der Waals surface area (Å²) in [5, 5.41) is 0. The predicted molar refractivity (Wildman–Crippen MR) is 113 cm³/mol. The number of hydrogen-bond acceptors (Lipinski definition) is 4. The molecule has 3 aliphatic rings. The Morgan fingerprint density at radius 3 is 2.03 bits per heavy atom. The van der Waals surface area contributed by atoms with Crippen molar-refractivity contribution in [1.82, 2.24) is 0 Å². The molecule has 0 spiro atoms. The SMILES string of the molecule is O=C1CCCC2=C1C(c1ccccc1OCc1ccccc1)C1=C(CCCC1=O)O2. The van der Waals surface area contributed by atoms with E-state index in [1.165, 1.54) is 0 Å². The van der Waals surface area contributed by atoms with Crippen LogP contribution in [-0.4, -0.2) is 11.6 Å². The van der Waals surface area contributed by atoms with Crippen LogP contribution in [0.5, 0.6) is 5.75 Å². The summed E-state index contributed by atoms with van der Waals surface area (Å²) < 4.78 is 12.3. The highest BCUT2D eigenvalue weighted by atomic mass is 16.5. The summed E-state index contributed by atoms with van der Waals surface area (Å²) in [7, 11) is 0. The Labute approximate surface area is 176 Å². The lowest BCUT2D eigenvalue weighted by atomic mass is 9.73. The first-order valence-electron chi connectivity index (χ1n) is 10.7. The highest BCUT2D eigenvalue weighted by molar-refractivity contribution is 6.06. The van der Waals surface area contributed by atoms with Crippen molar-refractivity contribution in [3.63, 3.8) is 0 Å². The van der Waals surface area contributed by atoms with Crippen LogP contribution >= 0.6 is 0 Å². The van der Waals surface area contributed by atoms with Crippen LogP contribution in [0.4, 0.5) is 0 Å². The first-order chi connectivity index (χ1) is 14.7. The van der Waals surface area contributed by atoms with Gasteiger partial charge in [-0.2, -0.15) is 0 Å². The number of carbonyl (C=O) groups is 2. The first kappa shape index (κ1) is 18.9. The van der Waals surface area contributed by atoms with Gasteiger partial charge in [-0.3, -0.25) is 9.59 Å². The summed E-state index contributed by atoms with van der Waals surface area (Å²) in [6.45, 7) is 0.431. The highest BCUT2D eigenvalue weighted by Gasteiger charge is 2.42. The normalized spacial score (nSPS) is 19.3. The topological polar surface area (TPSA) is 52.6 Å². The molecular formula is C26H24O4. The van der Waals surface area contributed by atoms with Crippen LogP contribution in [0.25, 0.3) is 0 Å². The summed E-state index contributed by atoms with van der Waals surface area (Å²) in [4.78, 5) is 25.9. The van der Waals surface area contributed by atoms with Gasteiger partial charge in [-0.25, -0.2) is 0 Å². The molecule has 1 aliphatic heterocycles. The molecule has 0 atom stereocenters. The van der Waals surface area contributed by atoms with Crippen LogP contribution in [0.2, 0.25) is 0 Å². The van der Waals surface area contributed by atoms with Crippen LogP contribution in [0, 0.1) is 0 Å². The molecule has 2 aromatic rings. The third kappa shape index (κ3) is 3.36. The maximum Gasteiger partial charge on any atom is 0.163 e. The number of hydrogen-bond donors (Lipinski definition) is 0. The van der Waals surface area contributed by atoms with Crippen molar-refractivity contribution in [2.75, 3.05) is 0 Å². The van der Waals surface area contributed by atoms with Gasteiger partial charge in [0.05, 0.1) is 5.92 Å². The Bertz CT molecular complexity index is 1020. The standard InChI is InChI=1S/C26H24O4/c27-19-11-6-14-22-25(19)24(26-20(28)12-7-15-23(26)30-22)18-10-4-5-13-21(18)29-16-17-8-2-1-3-9-17/h1-5,8-10,13,24H,6-7,11-12,14-16H2. The van der Waals surface area contributed by atoms with Crippen molar-refractivity contribution in [2.24, 2.45) is 0 Å². The molecule has 4 heteroatoms. The Morgan fingerprint density at radius 1 is 0.767 bits per heavy atom. The molecular weight excluding hydrogens is 376 g/mol. The molecule has 0 N–H and O–H groups in total. The van der Waals surface area contributed by atoms with Gasteiger partial charge in [0.1, 0.15) is 23.9 Å². The molecule has 0 amide bonds. The number of para-hydroxylation sites is 1. The number of ketones is 2. The van der Waals surface area contributed by atoms with Gasteiger partial charge in [0, 0.05) is 42.4 Å². The molecule has 0 aromatic heterocycles. The summed E-state index contributed by atoms with van der Waals surface area (Å²) in [6.07, 6.45) is 4.09. The third-order valence-corrected chi connectivity index (χ3v) is 6.11. The number of allylic oxidation sites excluding steroid dienone is 4. The van der Waals surface area contributed by atoms with Crippen LogP contribution in [0.15, 0.2) is 77.3 Å². The lowest BCUT2D eigenvalue weighted by molar-refractivity contribution is -0.117. The van der Waals surface area contributed by atoms with Gasteiger partial charge in [0.25, 0.3) is 0 Å². The molecule has 152 valence electrons. The molecule has 1 heterocycles. The van der Waals surface area contributed by atoms with Crippen molar-refractivity contribution in [2.45, 2.75) is 51.0 Å². The fourth-order valence-electron chi connectivity index (χ4n) is 4.71. The van der Waals surface area contributed by atoms with Crippen LogP contribution in [0.1, 0.15) is 55.6 Å². The largest absolute Gasteiger partial charge is 0.489 e. The summed E-state index contributed by atoms with van der Waals surface area (Å²) >= 11 is 0. The first-order valence-corrected chi connectivity index (χ1v) is 10.7. The minimum absolute atomic E-state index is 0.0871. The monoisotopic (exact) mass is 400 g/mol. The molecule has 0 fully saturated rings. The molecule has 30 heavy (non-hydrogen) atoms. The Morgan fingerprint density at radius 2 is 1.37 bits per heavy atom. The van der Waals surface area contributed by atoms with Gasteiger partial charge in [-0.05, 0) is 24.5 Å². The second-order valence-electron chi connectivity index (χ2n) is 8.07. The predicted octanol–water partition coefficient (Wildman–Crippen LogP) is 5.39. The Kier molecular flexibility index (Phi) is 4.99. The van der Waals surface area contributed by atoms with Crippen molar-refractivity contribution < 1.29 is 19.1 Å². The van der Waals surface area contributed by atoms with Gasteiger partial charge in [-0.1, -0.05) is 48.5 Å². The van der Waals surface area contributed by atoms with Crippen LogP contribution in [0.3, 0.4) is 0 Å². The lowest BCUT2D eigenvalue weighted by Gasteiger charge is -2.36. The molecule has 0 radical (unpaired) electrons.